The van der Waals surface area contributed by atoms with Crippen molar-refractivity contribution < 1.29 is 9.53 Å². The Balaban J connectivity index is 0.00000196. The van der Waals surface area contributed by atoms with Gasteiger partial charge >= 0.3 is 5.97 Å². The van der Waals surface area contributed by atoms with Crippen molar-refractivity contribution in [3.63, 3.8) is 0 Å². The van der Waals surface area contributed by atoms with E-state index >= 15 is 0 Å². The molecule has 0 aliphatic carbocycles. The summed E-state index contributed by atoms with van der Waals surface area (Å²) in [5, 5.41) is 2.19. The molecule has 1 aromatic rings. The van der Waals surface area contributed by atoms with Crippen LogP contribution in [0.15, 0.2) is 11.5 Å². The summed E-state index contributed by atoms with van der Waals surface area (Å²) >= 11 is 1.30. The van der Waals surface area contributed by atoms with E-state index in [0.717, 1.165) is 6.42 Å². The highest BCUT2D eigenvalue weighted by atomic mass is 79.9. The molecule has 0 spiro atoms. The van der Waals surface area contributed by atoms with Crippen molar-refractivity contribution >= 4 is 45.0 Å². The number of methoxy groups -OCH3 is 1. The molecule has 0 aromatic carbocycles. The maximum Gasteiger partial charge on any atom is 0.339 e. The molecule has 6 heteroatoms. The second kappa shape index (κ2) is 6.58. The Morgan fingerprint density at radius 2 is 2.40 bits per heavy atom. The van der Waals surface area contributed by atoms with Gasteiger partial charge in [-0.3, -0.25) is 0 Å². The van der Waals surface area contributed by atoms with Crippen LogP contribution in [0.3, 0.4) is 0 Å². The Morgan fingerprint density at radius 3 is 2.80 bits per heavy atom. The predicted octanol–water partition coefficient (Wildman–Crippen LogP) is 2.27. The maximum atomic E-state index is 11.3. The SMILES string of the molecule is Br.CCC=C(C(=O)OC)c1csc(N)n1. The Bertz CT molecular complexity index is 363. The fourth-order valence-electron chi connectivity index (χ4n) is 1.02. The van der Waals surface area contributed by atoms with E-state index in [9.17, 15) is 4.79 Å². The quantitative estimate of drug-likeness (QED) is 0.686. The molecule has 0 saturated carbocycles. The molecule has 0 bridgehead atoms. The third kappa shape index (κ3) is 3.64. The number of rotatable bonds is 3. The zero-order valence-electron chi connectivity index (χ0n) is 8.52. The van der Waals surface area contributed by atoms with Gasteiger partial charge in [0.15, 0.2) is 5.13 Å². The van der Waals surface area contributed by atoms with Crippen molar-refractivity contribution in [2.24, 2.45) is 0 Å². The lowest BCUT2D eigenvalue weighted by atomic mass is 10.2. The van der Waals surface area contributed by atoms with Crippen molar-refractivity contribution in [1.29, 1.82) is 0 Å². The third-order valence-electron chi connectivity index (χ3n) is 1.61. The minimum atomic E-state index is -0.378. The van der Waals surface area contributed by atoms with Crippen molar-refractivity contribution in [3.05, 3.63) is 17.2 Å². The van der Waals surface area contributed by atoms with E-state index in [1.165, 1.54) is 18.4 Å². The number of carbonyl (C=O) groups is 1. The van der Waals surface area contributed by atoms with Gasteiger partial charge in [-0.1, -0.05) is 13.0 Å². The highest BCUT2D eigenvalue weighted by molar-refractivity contribution is 8.93. The van der Waals surface area contributed by atoms with E-state index in [2.05, 4.69) is 9.72 Å². The van der Waals surface area contributed by atoms with Gasteiger partial charge < -0.3 is 10.5 Å². The van der Waals surface area contributed by atoms with E-state index in [0.29, 0.717) is 16.4 Å². The highest BCUT2D eigenvalue weighted by Gasteiger charge is 2.14. The largest absolute Gasteiger partial charge is 0.465 e. The zero-order valence-corrected chi connectivity index (χ0v) is 11.0. The second-order valence-corrected chi connectivity index (χ2v) is 3.48. The van der Waals surface area contributed by atoms with Crippen LogP contribution >= 0.6 is 28.3 Å². The molecule has 1 rings (SSSR count). The standard InChI is InChI=1S/C9H12N2O2S.BrH/c1-3-4-6(8(12)13-2)7-5-14-9(10)11-7;/h4-5H,3H2,1-2H3,(H2,10,11);1H. The summed E-state index contributed by atoms with van der Waals surface area (Å²) in [7, 11) is 1.35. The number of ether oxygens (including phenoxy) is 1. The number of nitrogen functional groups attached to an aromatic ring is 1. The number of esters is 1. The molecule has 1 aromatic heterocycles. The second-order valence-electron chi connectivity index (χ2n) is 2.59. The molecule has 0 amide bonds. The molecule has 0 fully saturated rings. The van der Waals surface area contributed by atoms with E-state index in [1.54, 1.807) is 11.5 Å². The number of aromatic nitrogens is 1. The summed E-state index contributed by atoms with van der Waals surface area (Å²) in [6.45, 7) is 1.94. The first kappa shape index (κ1) is 14.1. The van der Waals surface area contributed by atoms with Gasteiger partial charge in [0.25, 0.3) is 0 Å². The van der Waals surface area contributed by atoms with Crippen LogP contribution in [0.5, 0.6) is 0 Å². The van der Waals surface area contributed by atoms with Crippen LogP contribution in [0, 0.1) is 0 Å². The normalized spacial score (nSPS) is 10.7. The molecular formula is C9H13BrN2O2S. The first-order chi connectivity index (χ1) is 6.69. The number of nitrogens with zero attached hydrogens (tertiary/aromatic N) is 1. The van der Waals surface area contributed by atoms with Gasteiger partial charge in [-0.2, -0.15) is 0 Å². The molecule has 0 unspecified atom stereocenters. The summed E-state index contributed by atoms with van der Waals surface area (Å²) < 4.78 is 4.65. The smallest absolute Gasteiger partial charge is 0.339 e. The van der Waals surface area contributed by atoms with Crippen molar-refractivity contribution in [1.82, 2.24) is 4.98 Å². The van der Waals surface area contributed by atoms with Crippen LogP contribution in [-0.2, 0) is 9.53 Å². The molecule has 0 aliphatic heterocycles. The average molecular weight is 293 g/mol. The molecule has 0 saturated heterocycles. The Kier molecular flexibility index (Phi) is 6.19. The van der Waals surface area contributed by atoms with Gasteiger partial charge in [0.05, 0.1) is 18.4 Å². The number of allylic oxidation sites excluding steroid dienone is 1. The fraction of sp³-hybridized carbons (Fsp3) is 0.333. The summed E-state index contributed by atoms with van der Waals surface area (Å²) in [6, 6.07) is 0. The number of thiazole rings is 1. The fourth-order valence-corrected chi connectivity index (χ4v) is 1.58. The van der Waals surface area contributed by atoms with E-state index in [1.807, 2.05) is 6.92 Å². The van der Waals surface area contributed by atoms with Crippen LogP contribution < -0.4 is 5.73 Å². The molecule has 0 aliphatic rings. The molecule has 1 heterocycles. The first-order valence-corrected chi connectivity index (χ1v) is 5.06. The molecule has 2 N–H and O–H groups in total. The predicted molar refractivity (Wildman–Crippen MR) is 67.1 cm³/mol. The molecular weight excluding hydrogens is 280 g/mol. The first-order valence-electron chi connectivity index (χ1n) is 4.18. The van der Waals surface area contributed by atoms with Crippen LogP contribution in [0.2, 0.25) is 0 Å². The van der Waals surface area contributed by atoms with Gasteiger partial charge in [0, 0.05) is 5.38 Å². The Hall–Kier alpha value is -0.880. The van der Waals surface area contributed by atoms with Gasteiger partial charge in [-0.05, 0) is 6.42 Å². The third-order valence-corrected chi connectivity index (χ3v) is 2.29. The highest BCUT2D eigenvalue weighted by Crippen LogP contribution is 2.20. The van der Waals surface area contributed by atoms with Crippen molar-refractivity contribution in [2.45, 2.75) is 13.3 Å². The summed E-state index contributed by atoms with van der Waals surface area (Å²) in [5.74, 6) is -0.378. The number of hydrogen-bond donors (Lipinski definition) is 1. The van der Waals surface area contributed by atoms with Gasteiger partial charge in [-0.25, -0.2) is 9.78 Å². The van der Waals surface area contributed by atoms with Crippen molar-refractivity contribution in [3.8, 4) is 0 Å². The average Bonchev–Trinajstić information content (AvgIpc) is 2.60. The van der Waals surface area contributed by atoms with Crippen LogP contribution in [0.4, 0.5) is 5.13 Å². The lowest BCUT2D eigenvalue weighted by Gasteiger charge is -2.00. The van der Waals surface area contributed by atoms with Crippen LogP contribution in [-0.4, -0.2) is 18.1 Å². The summed E-state index contributed by atoms with van der Waals surface area (Å²) in [4.78, 5) is 15.4. The monoisotopic (exact) mass is 292 g/mol. The maximum absolute atomic E-state index is 11.3. The zero-order chi connectivity index (χ0) is 10.6. The minimum absolute atomic E-state index is 0. The lowest BCUT2D eigenvalue weighted by Crippen LogP contribution is -2.04. The lowest BCUT2D eigenvalue weighted by molar-refractivity contribution is -0.133. The van der Waals surface area contributed by atoms with E-state index in [-0.39, 0.29) is 23.0 Å². The summed E-state index contributed by atoms with van der Waals surface area (Å²) in [5.41, 5.74) is 6.54. The molecule has 15 heavy (non-hydrogen) atoms. The summed E-state index contributed by atoms with van der Waals surface area (Å²) in [6.07, 6.45) is 2.53. The van der Waals surface area contributed by atoms with Crippen LogP contribution in [0.25, 0.3) is 5.57 Å². The van der Waals surface area contributed by atoms with Crippen LogP contribution in [0.1, 0.15) is 19.0 Å². The Labute approximate surface area is 103 Å². The number of carbonyl (C=O) groups excluding carboxylic acids is 1. The minimum Gasteiger partial charge on any atom is -0.465 e. The molecule has 0 atom stereocenters. The van der Waals surface area contributed by atoms with Gasteiger partial charge in [0.1, 0.15) is 0 Å². The molecule has 84 valence electrons. The molecule has 0 radical (unpaired) electrons. The van der Waals surface area contributed by atoms with E-state index in [4.69, 9.17) is 5.73 Å². The van der Waals surface area contributed by atoms with Gasteiger partial charge in [0.2, 0.25) is 0 Å². The Morgan fingerprint density at radius 1 is 1.73 bits per heavy atom. The number of anilines is 1. The number of nitrogens with two attached hydrogens (primary N) is 1. The number of hydrogen-bond acceptors (Lipinski definition) is 5. The molecule has 4 nitrogen and oxygen atoms in total. The van der Waals surface area contributed by atoms with Crippen molar-refractivity contribution in [2.75, 3.05) is 12.8 Å². The van der Waals surface area contributed by atoms with E-state index < -0.39 is 0 Å². The van der Waals surface area contributed by atoms with Gasteiger partial charge in [-0.15, -0.1) is 28.3 Å². The number of halogens is 1. The topological polar surface area (TPSA) is 65.2 Å².